The molecule has 0 radical (unpaired) electrons. The molecule has 1 aromatic heterocycles. The highest BCUT2D eigenvalue weighted by molar-refractivity contribution is 7.21. The number of methoxy groups -OCH3 is 1. The summed E-state index contributed by atoms with van der Waals surface area (Å²) < 4.78 is 18.8. The summed E-state index contributed by atoms with van der Waals surface area (Å²) in [5, 5.41) is 12.7. The summed E-state index contributed by atoms with van der Waals surface area (Å²) in [6.45, 7) is 0.533. The predicted molar refractivity (Wildman–Crippen MR) is 81.0 cm³/mol. The van der Waals surface area contributed by atoms with Crippen LogP contribution in [0.5, 0.6) is 0 Å². The van der Waals surface area contributed by atoms with Gasteiger partial charge >= 0.3 is 0 Å². The first kappa shape index (κ1) is 15.7. The Labute approximate surface area is 125 Å². The zero-order chi connectivity index (χ0) is 15.4. The van der Waals surface area contributed by atoms with E-state index in [-0.39, 0.29) is 24.0 Å². The molecule has 0 spiro atoms. The van der Waals surface area contributed by atoms with Crippen LogP contribution in [0.15, 0.2) is 18.2 Å². The number of nitrogens with two attached hydrogens (primary N) is 1. The van der Waals surface area contributed by atoms with Gasteiger partial charge in [-0.3, -0.25) is 4.79 Å². The maximum Gasteiger partial charge on any atom is 0.263 e. The third-order valence-corrected chi connectivity index (χ3v) is 4.20. The van der Waals surface area contributed by atoms with Gasteiger partial charge in [0.2, 0.25) is 0 Å². The number of hydrogen-bond acceptors (Lipinski definition) is 5. The molecule has 1 unspecified atom stereocenters. The fourth-order valence-corrected chi connectivity index (χ4v) is 2.99. The molecule has 7 heteroatoms. The number of fused-ring (bicyclic) bond motifs is 1. The van der Waals surface area contributed by atoms with Crippen LogP contribution in [0, 0.1) is 5.82 Å². The Balaban J connectivity index is 2.04. The van der Waals surface area contributed by atoms with Gasteiger partial charge in [0.1, 0.15) is 10.7 Å². The van der Waals surface area contributed by atoms with Crippen LogP contribution in [-0.4, -0.2) is 37.4 Å². The largest absolute Gasteiger partial charge is 0.397 e. The molecule has 1 aromatic carbocycles. The molecule has 4 N–H and O–H groups in total. The van der Waals surface area contributed by atoms with Crippen molar-refractivity contribution in [3.63, 3.8) is 0 Å². The summed E-state index contributed by atoms with van der Waals surface area (Å²) in [5.74, 6) is -0.708. The van der Waals surface area contributed by atoms with E-state index in [0.29, 0.717) is 23.2 Å². The molecule has 0 aliphatic rings. The first-order valence-electron chi connectivity index (χ1n) is 6.45. The number of hydrogen-bond donors (Lipinski definition) is 3. The summed E-state index contributed by atoms with van der Waals surface area (Å²) in [6, 6.07) is 4.26. The second-order valence-electron chi connectivity index (χ2n) is 4.64. The van der Waals surface area contributed by atoms with E-state index in [9.17, 15) is 14.3 Å². The van der Waals surface area contributed by atoms with Gasteiger partial charge in [0, 0.05) is 23.7 Å². The van der Waals surface area contributed by atoms with Crippen LogP contribution in [0.4, 0.5) is 10.1 Å². The molecule has 0 bridgehead atoms. The number of rotatable bonds is 6. The van der Waals surface area contributed by atoms with E-state index >= 15 is 0 Å². The highest BCUT2D eigenvalue weighted by atomic mass is 32.1. The molecule has 2 rings (SSSR count). The highest BCUT2D eigenvalue weighted by Gasteiger charge is 2.16. The minimum atomic E-state index is -0.621. The van der Waals surface area contributed by atoms with E-state index in [1.54, 1.807) is 6.07 Å². The third kappa shape index (κ3) is 3.69. The molecule has 114 valence electrons. The number of aliphatic hydroxyl groups is 1. The van der Waals surface area contributed by atoms with Crippen LogP contribution in [0.3, 0.4) is 0 Å². The molecule has 1 heterocycles. The average Bonchev–Trinajstić information content (AvgIpc) is 2.76. The second kappa shape index (κ2) is 6.84. The number of carbonyl (C=O) groups is 1. The van der Waals surface area contributed by atoms with Crippen LogP contribution in [0.1, 0.15) is 16.1 Å². The van der Waals surface area contributed by atoms with Gasteiger partial charge in [-0.15, -0.1) is 11.3 Å². The highest BCUT2D eigenvalue weighted by Crippen LogP contribution is 2.33. The summed E-state index contributed by atoms with van der Waals surface area (Å²) in [7, 11) is 1.50. The van der Waals surface area contributed by atoms with Crippen molar-refractivity contribution >= 4 is 33.0 Å². The minimum absolute atomic E-state index is 0.222. The van der Waals surface area contributed by atoms with Crippen molar-refractivity contribution in [2.24, 2.45) is 0 Å². The summed E-state index contributed by atoms with van der Waals surface area (Å²) in [5.41, 5.74) is 6.18. The summed E-state index contributed by atoms with van der Waals surface area (Å²) in [4.78, 5) is 12.4. The van der Waals surface area contributed by atoms with Gasteiger partial charge in [0.15, 0.2) is 0 Å². The van der Waals surface area contributed by atoms with Crippen LogP contribution in [0.25, 0.3) is 10.1 Å². The zero-order valence-corrected chi connectivity index (χ0v) is 12.4. The van der Waals surface area contributed by atoms with Crippen LogP contribution < -0.4 is 11.1 Å². The van der Waals surface area contributed by atoms with Gasteiger partial charge in [-0.2, -0.15) is 0 Å². The zero-order valence-electron chi connectivity index (χ0n) is 11.6. The predicted octanol–water partition coefficient (Wildman–Crippen LogP) is 1.75. The van der Waals surface area contributed by atoms with Gasteiger partial charge in [-0.1, -0.05) is 0 Å². The van der Waals surface area contributed by atoms with Gasteiger partial charge < -0.3 is 20.9 Å². The summed E-state index contributed by atoms with van der Waals surface area (Å²) >= 11 is 1.22. The molecule has 1 atom stereocenters. The Morgan fingerprint density at radius 2 is 2.33 bits per heavy atom. The van der Waals surface area contributed by atoms with E-state index in [0.717, 1.165) is 4.70 Å². The lowest BCUT2D eigenvalue weighted by molar-refractivity contribution is 0.0588. The monoisotopic (exact) mass is 312 g/mol. The standard InChI is InChI=1S/C14H17FN2O3S/c1-20-7-9(18)4-5-17-14(19)13-12(16)10-6-8(15)2-3-11(10)21-13/h2-3,6,9,18H,4-5,7,16H2,1H3,(H,17,19). The van der Waals surface area contributed by atoms with E-state index in [4.69, 9.17) is 10.5 Å². The number of benzene rings is 1. The van der Waals surface area contributed by atoms with Gasteiger partial charge in [-0.05, 0) is 24.6 Å². The molecule has 0 saturated heterocycles. The van der Waals surface area contributed by atoms with Crippen molar-refractivity contribution in [2.45, 2.75) is 12.5 Å². The lowest BCUT2D eigenvalue weighted by atomic mass is 10.2. The Morgan fingerprint density at radius 3 is 3.05 bits per heavy atom. The molecule has 0 fully saturated rings. The third-order valence-electron chi connectivity index (χ3n) is 3.02. The topological polar surface area (TPSA) is 84.6 Å². The van der Waals surface area contributed by atoms with Gasteiger partial charge in [0.05, 0.1) is 18.4 Å². The average molecular weight is 312 g/mol. The Kier molecular flexibility index (Phi) is 5.11. The molecule has 0 aliphatic carbocycles. The number of halogens is 1. The fourth-order valence-electron chi connectivity index (χ4n) is 1.97. The molecule has 0 aliphatic heterocycles. The maximum absolute atomic E-state index is 13.2. The smallest absolute Gasteiger partial charge is 0.263 e. The van der Waals surface area contributed by atoms with Crippen LogP contribution in [-0.2, 0) is 4.74 Å². The van der Waals surface area contributed by atoms with E-state index in [1.807, 2.05) is 0 Å². The Bertz CT molecular complexity index is 644. The lowest BCUT2D eigenvalue weighted by Crippen LogP contribution is -2.28. The van der Waals surface area contributed by atoms with Crippen molar-refractivity contribution < 1.29 is 19.0 Å². The van der Waals surface area contributed by atoms with Crippen LogP contribution >= 0.6 is 11.3 Å². The van der Waals surface area contributed by atoms with Gasteiger partial charge in [0.25, 0.3) is 5.91 Å². The molecule has 5 nitrogen and oxygen atoms in total. The number of anilines is 1. The number of ether oxygens (including phenoxy) is 1. The number of amides is 1. The lowest BCUT2D eigenvalue weighted by Gasteiger charge is -2.09. The van der Waals surface area contributed by atoms with Gasteiger partial charge in [-0.25, -0.2) is 4.39 Å². The molecule has 1 amide bonds. The SMILES string of the molecule is COCC(O)CCNC(=O)c1sc2ccc(F)cc2c1N. The molecule has 21 heavy (non-hydrogen) atoms. The Hall–Kier alpha value is -1.70. The van der Waals surface area contributed by atoms with E-state index in [1.165, 1.54) is 30.6 Å². The molecular weight excluding hydrogens is 295 g/mol. The summed E-state index contributed by atoms with van der Waals surface area (Å²) in [6.07, 6.45) is -0.233. The van der Waals surface area contributed by atoms with Crippen molar-refractivity contribution in [2.75, 3.05) is 26.0 Å². The van der Waals surface area contributed by atoms with E-state index in [2.05, 4.69) is 5.32 Å². The van der Waals surface area contributed by atoms with Crippen molar-refractivity contribution in [1.29, 1.82) is 0 Å². The number of nitrogen functional groups attached to an aromatic ring is 1. The molecule has 0 saturated carbocycles. The molecular formula is C14H17FN2O3S. The first-order valence-corrected chi connectivity index (χ1v) is 7.27. The number of thiophene rings is 1. The normalized spacial score (nSPS) is 12.5. The van der Waals surface area contributed by atoms with Crippen molar-refractivity contribution in [1.82, 2.24) is 5.32 Å². The fraction of sp³-hybridized carbons (Fsp3) is 0.357. The maximum atomic E-state index is 13.2. The molecule has 2 aromatic rings. The quantitative estimate of drug-likeness (QED) is 0.758. The second-order valence-corrected chi connectivity index (χ2v) is 5.69. The van der Waals surface area contributed by atoms with Crippen molar-refractivity contribution in [3.05, 3.63) is 28.9 Å². The van der Waals surface area contributed by atoms with E-state index < -0.39 is 6.10 Å². The number of carbonyl (C=O) groups excluding carboxylic acids is 1. The van der Waals surface area contributed by atoms with Crippen molar-refractivity contribution in [3.8, 4) is 0 Å². The Morgan fingerprint density at radius 1 is 1.57 bits per heavy atom. The number of aliphatic hydroxyl groups excluding tert-OH is 1. The minimum Gasteiger partial charge on any atom is -0.397 e. The first-order chi connectivity index (χ1) is 10.0. The number of nitrogens with one attached hydrogen (secondary N) is 1. The van der Waals surface area contributed by atoms with Crippen LogP contribution in [0.2, 0.25) is 0 Å².